The zero-order valence-corrected chi connectivity index (χ0v) is 27.6. The van der Waals surface area contributed by atoms with Crippen LogP contribution in [0.2, 0.25) is 0 Å². The molecule has 0 saturated heterocycles. The van der Waals surface area contributed by atoms with Crippen molar-refractivity contribution in [1.29, 1.82) is 0 Å². The molecule has 5 rings (SSSR count). The largest absolute Gasteiger partial charge is 0.497 e. The van der Waals surface area contributed by atoms with Crippen molar-refractivity contribution < 1.29 is 31.9 Å². The van der Waals surface area contributed by atoms with Gasteiger partial charge in [-0.3, -0.25) is 14.3 Å². The molecule has 2 amide bonds. The molecule has 0 aromatic heterocycles. The third-order valence-electron chi connectivity index (χ3n) is 7.66. The van der Waals surface area contributed by atoms with E-state index < -0.39 is 34.4 Å². The normalized spacial score (nSPS) is 11.6. The lowest BCUT2D eigenvalue weighted by atomic mass is 10.0. The van der Waals surface area contributed by atoms with Crippen LogP contribution in [-0.4, -0.2) is 45.4 Å². The summed E-state index contributed by atoms with van der Waals surface area (Å²) < 4.78 is 52.3. The van der Waals surface area contributed by atoms with Crippen LogP contribution in [0, 0.1) is 5.82 Å². The second kappa shape index (κ2) is 16.4. The minimum Gasteiger partial charge on any atom is -0.497 e. The third-order valence-corrected chi connectivity index (χ3v) is 9.05. The molecule has 0 aliphatic heterocycles. The molecule has 0 radical (unpaired) electrons. The van der Waals surface area contributed by atoms with Crippen molar-refractivity contribution in [3.8, 4) is 11.5 Å². The van der Waals surface area contributed by atoms with E-state index in [0.29, 0.717) is 18.5 Å². The minimum absolute atomic E-state index is 0.0448. The molecule has 0 unspecified atom stereocenters. The van der Waals surface area contributed by atoms with Crippen LogP contribution < -0.4 is 19.5 Å². The maximum Gasteiger partial charge on any atom is 0.261 e. The predicted molar refractivity (Wildman–Crippen MR) is 185 cm³/mol. The van der Waals surface area contributed by atoms with Crippen LogP contribution in [0.5, 0.6) is 11.5 Å². The molecule has 0 heterocycles. The van der Waals surface area contributed by atoms with Crippen LogP contribution in [0.15, 0.2) is 138 Å². The van der Waals surface area contributed by atoms with Crippen LogP contribution in [0.1, 0.15) is 22.7 Å². The number of sulfonamides is 1. The molecular weight excluding hydrogens is 645 g/mol. The summed E-state index contributed by atoms with van der Waals surface area (Å²) in [6, 6.07) is 35.6. The molecule has 1 atom stereocenters. The molecular formula is C38H36FN3O6S. The van der Waals surface area contributed by atoms with Crippen molar-refractivity contribution in [3.05, 3.63) is 156 Å². The van der Waals surface area contributed by atoms with Crippen molar-refractivity contribution in [2.75, 3.05) is 25.0 Å². The zero-order chi connectivity index (χ0) is 34.6. The fraction of sp³-hybridized carbons (Fsp3) is 0.158. The van der Waals surface area contributed by atoms with Gasteiger partial charge in [0, 0.05) is 18.8 Å². The van der Waals surface area contributed by atoms with Crippen molar-refractivity contribution in [3.63, 3.8) is 0 Å². The predicted octanol–water partition coefficient (Wildman–Crippen LogP) is 6.14. The van der Waals surface area contributed by atoms with Gasteiger partial charge in [-0.25, -0.2) is 12.8 Å². The standard InChI is InChI=1S/C38H36FN3O6S/c1-47-33-18-12-28(13-19-33)24-25-40-38(44)37(30-10-6-3-7-11-30)42(26-29-8-4-2-5-9-29)36(43)27-48-34-20-22-35(23-21-34)49(45,46)41-32-16-14-31(39)15-17-32/h2-23,37,41H,24-27H2,1H3,(H,40,44)/t37-/m1/s1. The fourth-order valence-electron chi connectivity index (χ4n) is 5.11. The van der Waals surface area contributed by atoms with Gasteiger partial charge in [-0.05, 0) is 83.8 Å². The number of rotatable bonds is 15. The van der Waals surface area contributed by atoms with Crippen LogP contribution in [0.3, 0.4) is 0 Å². The van der Waals surface area contributed by atoms with E-state index in [1.807, 2.05) is 72.8 Å². The van der Waals surface area contributed by atoms with E-state index in [1.165, 1.54) is 41.3 Å². The second-order valence-electron chi connectivity index (χ2n) is 11.1. The lowest BCUT2D eigenvalue weighted by Gasteiger charge is -2.31. The number of amides is 2. The SMILES string of the molecule is COc1ccc(CCNC(=O)[C@@H](c2ccccc2)N(Cc2ccccc2)C(=O)COc2ccc(S(=O)(=O)Nc3ccc(F)cc3)cc2)cc1. The lowest BCUT2D eigenvalue weighted by molar-refractivity contribution is -0.143. The van der Waals surface area contributed by atoms with Gasteiger partial charge in [0.2, 0.25) is 5.91 Å². The average molecular weight is 682 g/mol. The van der Waals surface area contributed by atoms with E-state index in [4.69, 9.17) is 9.47 Å². The Morgan fingerprint density at radius 3 is 2.00 bits per heavy atom. The molecule has 11 heteroatoms. The molecule has 0 saturated carbocycles. The Morgan fingerprint density at radius 1 is 0.755 bits per heavy atom. The molecule has 9 nitrogen and oxygen atoms in total. The van der Waals surface area contributed by atoms with Gasteiger partial charge >= 0.3 is 0 Å². The van der Waals surface area contributed by atoms with Crippen LogP contribution in [0.25, 0.3) is 0 Å². The number of methoxy groups -OCH3 is 1. The van der Waals surface area contributed by atoms with Gasteiger partial charge in [0.1, 0.15) is 23.4 Å². The summed E-state index contributed by atoms with van der Waals surface area (Å²) in [6.07, 6.45) is 0.581. The highest BCUT2D eigenvalue weighted by Gasteiger charge is 2.31. The summed E-state index contributed by atoms with van der Waals surface area (Å²) in [5.74, 6) is -0.269. The summed E-state index contributed by atoms with van der Waals surface area (Å²) >= 11 is 0. The molecule has 0 fully saturated rings. The smallest absolute Gasteiger partial charge is 0.261 e. The molecule has 0 aliphatic rings. The number of halogens is 1. The summed E-state index contributed by atoms with van der Waals surface area (Å²) in [5, 5.41) is 3.01. The van der Waals surface area contributed by atoms with Gasteiger partial charge in [0.15, 0.2) is 6.61 Å². The highest BCUT2D eigenvalue weighted by molar-refractivity contribution is 7.92. The van der Waals surface area contributed by atoms with Gasteiger partial charge in [0.05, 0.1) is 12.0 Å². The van der Waals surface area contributed by atoms with Gasteiger partial charge < -0.3 is 19.7 Å². The Kier molecular flexibility index (Phi) is 11.6. The van der Waals surface area contributed by atoms with E-state index >= 15 is 0 Å². The number of benzene rings is 5. The highest BCUT2D eigenvalue weighted by atomic mass is 32.2. The van der Waals surface area contributed by atoms with E-state index in [1.54, 1.807) is 19.2 Å². The first-order valence-corrected chi connectivity index (χ1v) is 17.0. The van der Waals surface area contributed by atoms with Crippen LogP contribution in [0.4, 0.5) is 10.1 Å². The van der Waals surface area contributed by atoms with Gasteiger partial charge in [0.25, 0.3) is 15.9 Å². The molecule has 2 N–H and O–H groups in total. The Balaban J connectivity index is 1.31. The maximum absolute atomic E-state index is 13.9. The Hall–Kier alpha value is -5.68. The van der Waals surface area contributed by atoms with Crippen molar-refractivity contribution in [2.24, 2.45) is 0 Å². The highest BCUT2D eigenvalue weighted by Crippen LogP contribution is 2.25. The number of hydrogen-bond donors (Lipinski definition) is 2. The number of carbonyl (C=O) groups is 2. The molecule has 252 valence electrons. The van der Waals surface area contributed by atoms with E-state index in [-0.39, 0.29) is 28.8 Å². The number of anilines is 1. The average Bonchev–Trinajstić information content (AvgIpc) is 3.12. The number of carbonyl (C=O) groups excluding carboxylic acids is 2. The molecule has 49 heavy (non-hydrogen) atoms. The van der Waals surface area contributed by atoms with Crippen LogP contribution in [-0.2, 0) is 32.6 Å². The Bertz CT molecular complexity index is 1920. The Morgan fingerprint density at radius 2 is 1.37 bits per heavy atom. The molecule has 5 aromatic carbocycles. The zero-order valence-electron chi connectivity index (χ0n) is 26.8. The number of hydrogen-bond acceptors (Lipinski definition) is 6. The maximum atomic E-state index is 13.9. The summed E-state index contributed by atoms with van der Waals surface area (Å²) in [5.41, 5.74) is 2.69. The van der Waals surface area contributed by atoms with Crippen molar-refractivity contribution >= 4 is 27.5 Å². The molecule has 5 aromatic rings. The number of nitrogens with one attached hydrogen (secondary N) is 2. The fourth-order valence-corrected chi connectivity index (χ4v) is 6.16. The van der Waals surface area contributed by atoms with Gasteiger partial charge in [-0.1, -0.05) is 72.8 Å². The molecule has 0 aliphatic carbocycles. The van der Waals surface area contributed by atoms with E-state index in [0.717, 1.165) is 29.0 Å². The Labute approximate surface area is 285 Å². The third kappa shape index (κ3) is 9.68. The van der Waals surface area contributed by atoms with Gasteiger partial charge in [-0.2, -0.15) is 0 Å². The first-order valence-electron chi connectivity index (χ1n) is 15.5. The van der Waals surface area contributed by atoms with Crippen molar-refractivity contribution in [2.45, 2.75) is 23.9 Å². The van der Waals surface area contributed by atoms with E-state index in [2.05, 4.69) is 10.0 Å². The second-order valence-corrected chi connectivity index (χ2v) is 12.8. The van der Waals surface area contributed by atoms with Crippen LogP contribution >= 0.6 is 0 Å². The minimum atomic E-state index is -3.96. The quantitative estimate of drug-likeness (QED) is 0.137. The summed E-state index contributed by atoms with van der Waals surface area (Å²) in [7, 11) is -2.35. The summed E-state index contributed by atoms with van der Waals surface area (Å²) in [6.45, 7) is 0.0829. The first kappa shape index (κ1) is 34.6. The lowest BCUT2D eigenvalue weighted by Crippen LogP contribution is -2.45. The monoisotopic (exact) mass is 681 g/mol. The van der Waals surface area contributed by atoms with Gasteiger partial charge in [-0.15, -0.1) is 0 Å². The van der Waals surface area contributed by atoms with E-state index in [9.17, 15) is 22.4 Å². The summed E-state index contributed by atoms with van der Waals surface area (Å²) in [4.78, 5) is 29.2. The number of nitrogens with zero attached hydrogens (tertiary/aromatic N) is 1. The number of ether oxygens (including phenoxy) is 2. The molecule has 0 spiro atoms. The molecule has 0 bridgehead atoms. The topological polar surface area (TPSA) is 114 Å². The van der Waals surface area contributed by atoms with Crippen molar-refractivity contribution in [1.82, 2.24) is 10.2 Å². The first-order chi connectivity index (χ1) is 23.7.